The van der Waals surface area contributed by atoms with Crippen LogP contribution in [-0.4, -0.2) is 10.9 Å². The van der Waals surface area contributed by atoms with Gasteiger partial charge >= 0.3 is 0 Å². The zero-order chi connectivity index (χ0) is 13.0. The maximum absolute atomic E-state index is 11.8. The van der Waals surface area contributed by atoms with E-state index < -0.39 is 0 Å². The number of aromatic amines is 1. The predicted octanol–water partition coefficient (Wildman–Crippen LogP) is 0.887. The van der Waals surface area contributed by atoms with E-state index in [1.807, 2.05) is 18.2 Å². The summed E-state index contributed by atoms with van der Waals surface area (Å²) in [5.74, 6) is -0.255. The summed E-state index contributed by atoms with van der Waals surface area (Å²) in [5.41, 5.74) is 7.43. The molecule has 0 spiro atoms. The van der Waals surface area contributed by atoms with E-state index >= 15 is 0 Å². The molecule has 0 aliphatic carbocycles. The van der Waals surface area contributed by atoms with E-state index in [2.05, 4.69) is 10.3 Å². The van der Waals surface area contributed by atoms with Gasteiger partial charge in [0.2, 0.25) is 5.56 Å². The van der Waals surface area contributed by atoms with Crippen LogP contribution in [0.25, 0.3) is 0 Å². The lowest BCUT2D eigenvalue weighted by Gasteiger charge is -2.07. The molecule has 1 heterocycles. The van der Waals surface area contributed by atoms with Crippen molar-refractivity contribution in [3.63, 3.8) is 0 Å². The summed E-state index contributed by atoms with van der Waals surface area (Å²) in [6.07, 6.45) is 1.38. The van der Waals surface area contributed by atoms with Crippen molar-refractivity contribution in [3.05, 3.63) is 64.1 Å². The molecule has 18 heavy (non-hydrogen) atoms. The summed E-state index contributed by atoms with van der Waals surface area (Å²) in [6, 6.07) is 10.1. The topological polar surface area (TPSA) is 88.0 Å². The van der Waals surface area contributed by atoms with E-state index in [0.29, 0.717) is 17.8 Å². The van der Waals surface area contributed by atoms with Crippen LogP contribution in [-0.2, 0) is 6.54 Å². The quantitative estimate of drug-likeness (QED) is 0.699. The summed E-state index contributed by atoms with van der Waals surface area (Å²) in [5, 5.41) is 2.73. The molecular formula is C13H13N3O2. The van der Waals surface area contributed by atoms with Crippen LogP contribution in [0.4, 0.5) is 5.69 Å². The summed E-state index contributed by atoms with van der Waals surface area (Å²) >= 11 is 0. The van der Waals surface area contributed by atoms with Gasteiger partial charge in [0.15, 0.2) is 0 Å². The molecule has 1 aromatic heterocycles. The Bertz CT molecular complexity index is 599. The molecule has 0 unspecified atom stereocenters. The molecule has 0 saturated carbocycles. The van der Waals surface area contributed by atoms with Gasteiger partial charge in [-0.25, -0.2) is 0 Å². The minimum Gasteiger partial charge on any atom is -0.398 e. The number of amides is 1. The van der Waals surface area contributed by atoms with Crippen molar-refractivity contribution in [2.45, 2.75) is 6.54 Å². The summed E-state index contributed by atoms with van der Waals surface area (Å²) in [7, 11) is 0. The van der Waals surface area contributed by atoms with E-state index in [0.717, 1.165) is 5.56 Å². The summed E-state index contributed by atoms with van der Waals surface area (Å²) in [6.45, 7) is 0.352. The number of rotatable bonds is 3. The van der Waals surface area contributed by atoms with Gasteiger partial charge in [0.05, 0.1) is 5.56 Å². The Hall–Kier alpha value is -2.56. The maximum atomic E-state index is 11.8. The maximum Gasteiger partial charge on any atom is 0.253 e. The monoisotopic (exact) mass is 243 g/mol. The third-order valence-electron chi connectivity index (χ3n) is 2.54. The molecule has 5 heteroatoms. The molecule has 0 fully saturated rings. The minimum absolute atomic E-state index is 0.237. The number of carbonyl (C=O) groups excluding carboxylic acids is 1. The first-order valence-corrected chi connectivity index (χ1v) is 5.47. The van der Waals surface area contributed by atoms with Gasteiger partial charge in [0.1, 0.15) is 0 Å². The Morgan fingerprint density at radius 2 is 2.00 bits per heavy atom. The third kappa shape index (κ3) is 2.76. The standard InChI is InChI=1S/C13H13N3O2/c14-11-4-2-1-3-9(11)7-16-13(18)10-5-6-12(17)15-8-10/h1-6,8H,7,14H2,(H,15,17)(H,16,18). The lowest BCUT2D eigenvalue weighted by atomic mass is 10.2. The molecule has 1 amide bonds. The Morgan fingerprint density at radius 1 is 1.22 bits per heavy atom. The van der Waals surface area contributed by atoms with Gasteiger partial charge in [-0.2, -0.15) is 0 Å². The zero-order valence-electron chi connectivity index (χ0n) is 9.64. The fourth-order valence-corrected chi connectivity index (χ4v) is 1.52. The van der Waals surface area contributed by atoms with Crippen molar-refractivity contribution in [1.82, 2.24) is 10.3 Å². The first-order valence-electron chi connectivity index (χ1n) is 5.47. The number of pyridine rings is 1. The van der Waals surface area contributed by atoms with Gasteiger partial charge in [-0.15, -0.1) is 0 Å². The Morgan fingerprint density at radius 3 is 2.67 bits per heavy atom. The van der Waals surface area contributed by atoms with Crippen molar-refractivity contribution in [2.75, 3.05) is 5.73 Å². The average Bonchev–Trinajstić information content (AvgIpc) is 2.38. The molecule has 5 nitrogen and oxygen atoms in total. The number of anilines is 1. The van der Waals surface area contributed by atoms with Crippen molar-refractivity contribution in [1.29, 1.82) is 0 Å². The fraction of sp³-hybridized carbons (Fsp3) is 0.0769. The van der Waals surface area contributed by atoms with Gasteiger partial charge in [-0.1, -0.05) is 18.2 Å². The van der Waals surface area contributed by atoms with E-state index in [9.17, 15) is 9.59 Å². The fourth-order valence-electron chi connectivity index (χ4n) is 1.52. The van der Waals surface area contributed by atoms with Crippen LogP contribution >= 0.6 is 0 Å². The molecule has 2 aromatic rings. The Labute approximate surface area is 104 Å². The van der Waals surface area contributed by atoms with Crippen LogP contribution in [0.15, 0.2) is 47.4 Å². The minimum atomic E-state index is -0.255. The van der Waals surface area contributed by atoms with Gasteiger partial charge in [0.25, 0.3) is 5.91 Å². The number of H-pyrrole nitrogens is 1. The summed E-state index contributed by atoms with van der Waals surface area (Å²) in [4.78, 5) is 25.1. The second-order valence-electron chi connectivity index (χ2n) is 3.82. The molecule has 0 radical (unpaired) electrons. The molecule has 1 aromatic carbocycles. The highest BCUT2D eigenvalue weighted by Crippen LogP contribution is 2.09. The van der Waals surface area contributed by atoms with E-state index in [1.165, 1.54) is 18.3 Å². The number of hydrogen-bond acceptors (Lipinski definition) is 3. The molecule has 4 N–H and O–H groups in total. The molecule has 0 aliphatic heterocycles. The molecule has 0 aliphatic rings. The lowest BCUT2D eigenvalue weighted by molar-refractivity contribution is 0.0950. The average molecular weight is 243 g/mol. The van der Waals surface area contributed by atoms with Crippen molar-refractivity contribution >= 4 is 11.6 Å². The molecule has 0 atom stereocenters. The van der Waals surface area contributed by atoms with E-state index in [1.54, 1.807) is 6.07 Å². The number of aromatic nitrogens is 1. The van der Waals surface area contributed by atoms with Crippen LogP contribution < -0.4 is 16.6 Å². The van der Waals surface area contributed by atoms with E-state index in [-0.39, 0.29) is 11.5 Å². The number of nitrogen functional groups attached to an aromatic ring is 1. The van der Waals surface area contributed by atoms with Crippen molar-refractivity contribution < 1.29 is 4.79 Å². The van der Waals surface area contributed by atoms with Crippen LogP contribution in [0.5, 0.6) is 0 Å². The van der Waals surface area contributed by atoms with Crippen LogP contribution in [0.1, 0.15) is 15.9 Å². The van der Waals surface area contributed by atoms with Crippen LogP contribution in [0, 0.1) is 0 Å². The number of para-hydroxylation sites is 1. The number of nitrogens with one attached hydrogen (secondary N) is 2. The largest absolute Gasteiger partial charge is 0.398 e. The second kappa shape index (κ2) is 5.18. The van der Waals surface area contributed by atoms with Crippen LogP contribution in [0.2, 0.25) is 0 Å². The second-order valence-corrected chi connectivity index (χ2v) is 3.82. The zero-order valence-corrected chi connectivity index (χ0v) is 9.64. The normalized spacial score (nSPS) is 10.0. The number of nitrogens with two attached hydrogens (primary N) is 1. The third-order valence-corrected chi connectivity index (χ3v) is 2.54. The van der Waals surface area contributed by atoms with E-state index in [4.69, 9.17) is 5.73 Å². The first kappa shape index (κ1) is 11.9. The first-order chi connectivity index (χ1) is 8.66. The van der Waals surface area contributed by atoms with Gasteiger partial charge in [-0.3, -0.25) is 9.59 Å². The van der Waals surface area contributed by atoms with Gasteiger partial charge in [-0.05, 0) is 17.7 Å². The lowest BCUT2D eigenvalue weighted by Crippen LogP contribution is -2.24. The summed E-state index contributed by atoms with van der Waals surface area (Å²) < 4.78 is 0. The molecule has 2 rings (SSSR count). The van der Waals surface area contributed by atoms with Gasteiger partial charge < -0.3 is 16.0 Å². The van der Waals surface area contributed by atoms with Crippen molar-refractivity contribution in [2.24, 2.45) is 0 Å². The highest BCUT2D eigenvalue weighted by Gasteiger charge is 2.05. The number of hydrogen-bond donors (Lipinski definition) is 3. The predicted molar refractivity (Wildman–Crippen MR) is 69.1 cm³/mol. The van der Waals surface area contributed by atoms with Gasteiger partial charge in [0, 0.05) is 24.5 Å². The Kier molecular flexibility index (Phi) is 3.43. The van der Waals surface area contributed by atoms with Crippen LogP contribution in [0.3, 0.4) is 0 Å². The number of carbonyl (C=O) groups is 1. The SMILES string of the molecule is Nc1ccccc1CNC(=O)c1ccc(=O)[nH]c1. The number of benzene rings is 1. The molecule has 0 bridgehead atoms. The highest BCUT2D eigenvalue weighted by atomic mass is 16.1. The highest BCUT2D eigenvalue weighted by molar-refractivity contribution is 5.93. The smallest absolute Gasteiger partial charge is 0.253 e. The molecule has 0 saturated heterocycles. The Balaban J connectivity index is 2.03. The van der Waals surface area contributed by atoms with Crippen molar-refractivity contribution in [3.8, 4) is 0 Å². The molecule has 92 valence electrons. The molecular weight excluding hydrogens is 230 g/mol.